The van der Waals surface area contributed by atoms with Crippen molar-refractivity contribution in [2.75, 3.05) is 23.4 Å². The molecule has 1 aliphatic carbocycles. The average Bonchev–Trinajstić information content (AvgIpc) is 2.28. The van der Waals surface area contributed by atoms with Crippen LogP contribution in [0, 0.1) is 5.41 Å². The van der Waals surface area contributed by atoms with Crippen LogP contribution in [0.4, 0.5) is 17.6 Å². The van der Waals surface area contributed by atoms with Gasteiger partial charge in [0.25, 0.3) is 0 Å². The highest BCUT2D eigenvalue weighted by Crippen LogP contribution is 2.42. The molecule has 1 aliphatic rings. The van der Waals surface area contributed by atoms with Gasteiger partial charge in [-0.2, -0.15) is 9.97 Å². The summed E-state index contributed by atoms with van der Waals surface area (Å²) < 4.78 is 0. The van der Waals surface area contributed by atoms with Crippen molar-refractivity contribution in [3.63, 3.8) is 0 Å². The molecule has 0 radical (unpaired) electrons. The number of nitrogens with two attached hydrogens (primary N) is 1. The van der Waals surface area contributed by atoms with Crippen molar-refractivity contribution in [2.45, 2.75) is 32.4 Å². The van der Waals surface area contributed by atoms with Gasteiger partial charge in [0.15, 0.2) is 0 Å². The number of hydrogen-bond acceptors (Lipinski definition) is 6. The van der Waals surface area contributed by atoms with Gasteiger partial charge < -0.3 is 21.5 Å². The van der Waals surface area contributed by atoms with Crippen LogP contribution in [0.2, 0.25) is 0 Å². The third-order valence-corrected chi connectivity index (χ3v) is 3.54. The Morgan fingerprint density at radius 2 is 2.06 bits per heavy atom. The highest BCUT2D eigenvalue weighted by Gasteiger charge is 2.47. The zero-order chi connectivity index (χ0) is 12.6. The Kier molecular flexibility index (Phi) is 2.82. The van der Waals surface area contributed by atoms with Gasteiger partial charge in [0, 0.05) is 24.6 Å². The molecular weight excluding hydrogens is 218 g/mol. The molecule has 0 saturated heterocycles. The van der Waals surface area contributed by atoms with Gasteiger partial charge in [0.2, 0.25) is 5.95 Å². The van der Waals surface area contributed by atoms with Crippen molar-refractivity contribution in [1.29, 1.82) is 0 Å². The fourth-order valence-electron chi connectivity index (χ4n) is 1.99. The summed E-state index contributed by atoms with van der Waals surface area (Å²) in [5.41, 5.74) is 5.47. The second-order valence-electron chi connectivity index (χ2n) is 5.02. The first-order valence-corrected chi connectivity index (χ1v) is 5.70. The zero-order valence-electron chi connectivity index (χ0n) is 10.4. The lowest BCUT2D eigenvalue weighted by molar-refractivity contribution is -0.0511. The van der Waals surface area contributed by atoms with Crippen LogP contribution < -0.4 is 16.4 Å². The van der Waals surface area contributed by atoms with Crippen molar-refractivity contribution in [3.8, 4) is 0 Å². The number of nitrogens with one attached hydrogen (secondary N) is 2. The first-order chi connectivity index (χ1) is 7.93. The minimum Gasteiger partial charge on any atom is -0.392 e. The lowest BCUT2D eigenvalue weighted by atomic mass is 9.64. The maximum atomic E-state index is 9.67. The van der Waals surface area contributed by atoms with E-state index in [1.807, 2.05) is 13.8 Å². The van der Waals surface area contributed by atoms with Crippen molar-refractivity contribution >= 4 is 17.6 Å². The second kappa shape index (κ2) is 4.03. The molecule has 5 N–H and O–H groups in total. The molecular formula is C11H19N5O. The molecule has 17 heavy (non-hydrogen) atoms. The minimum absolute atomic E-state index is 0.139. The number of nitrogen functional groups attached to an aromatic ring is 1. The first-order valence-electron chi connectivity index (χ1n) is 5.70. The van der Waals surface area contributed by atoms with Crippen LogP contribution >= 0.6 is 0 Å². The zero-order valence-corrected chi connectivity index (χ0v) is 10.4. The van der Waals surface area contributed by atoms with Crippen molar-refractivity contribution in [1.82, 2.24) is 9.97 Å². The predicted octanol–water partition coefficient (Wildman–Crippen LogP) is 0.672. The van der Waals surface area contributed by atoms with E-state index in [1.165, 1.54) is 0 Å². The summed E-state index contributed by atoms with van der Waals surface area (Å²) in [6.07, 6.45) is 0.467. The van der Waals surface area contributed by atoms with E-state index in [4.69, 9.17) is 5.73 Å². The Bertz CT molecular complexity index is 420. The quantitative estimate of drug-likeness (QED) is 0.617. The van der Waals surface area contributed by atoms with Crippen molar-refractivity contribution < 1.29 is 5.11 Å². The molecule has 0 aliphatic heterocycles. The number of anilines is 3. The van der Waals surface area contributed by atoms with E-state index < -0.39 is 0 Å². The number of hydrogen-bond donors (Lipinski definition) is 4. The summed E-state index contributed by atoms with van der Waals surface area (Å²) in [5.74, 6) is 1.60. The number of aliphatic hydroxyl groups excluding tert-OH is 1. The third kappa shape index (κ3) is 2.12. The Morgan fingerprint density at radius 1 is 1.41 bits per heavy atom. The van der Waals surface area contributed by atoms with Gasteiger partial charge in [-0.1, -0.05) is 13.8 Å². The first kappa shape index (κ1) is 11.9. The van der Waals surface area contributed by atoms with Gasteiger partial charge in [-0.25, -0.2) is 0 Å². The number of aromatic nitrogens is 2. The molecule has 1 aromatic heterocycles. The Balaban J connectivity index is 2.12. The maximum Gasteiger partial charge on any atom is 0.223 e. The molecule has 1 heterocycles. The van der Waals surface area contributed by atoms with Gasteiger partial charge in [-0.3, -0.25) is 0 Å². The van der Waals surface area contributed by atoms with Crippen molar-refractivity contribution in [2.24, 2.45) is 5.41 Å². The SMILES string of the molecule is CNc1cc(NC2CC(O)C2(C)C)nc(N)n1. The van der Waals surface area contributed by atoms with Crippen LogP contribution in [0.3, 0.4) is 0 Å². The standard InChI is InChI=1S/C11H19N5O/c1-11(2)6(4-7(11)17)14-9-5-8(13-3)15-10(12)16-9/h5-7,17H,4H2,1-3H3,(H4,12,13,14,15,16). The number of aliphatic hydroxyl groups is 1. The number of nitrogens with zero attached hydrogens (tertiary/aromatic N) is 2. The summed E-state index contributed by atoms with van der Waals surface area (Å²) in [7, 11) is 1.78. The van der Waals surface area contributed by atoms with Crippen LogP contribution in [-0.2, 0) is 0 Å². The lowest BCUT2D eigenvalue weighted by Gasteiger charge is -2.49. The molecule has 94 valence electrons. The van der Waals surface area contributed by atoms with E-state index in [0.717, 1.165) is 6.42 Å². The van der Waals surface area contributed by atoms with E-state index in [0.29, 0.717) is 11.6 Å². The summed E-state index contributed by atoms with van der Waals surface area (Å²) in [5, 5.41) is 15.9. The largest absolute Gasteiger partial charge is 0.392 e. The monoisotopic (exact) mass is 237 g/mol. The summed E-state index contributed by atoms with van der Waals surface area (Å²) >= 11 is 0. The van der Waals surface area contributed by atoms with Crippen LogP contribution in [-0.4, -0.2) is 34.3 Å². The maximum absolute atomic E-state index is 9.67. The molecule has 0 spiro atoms. The molecule has 2 unspecified atom stereocenters. The molecule has 0 aromatic carbocycles. The van der Waals surface area contributed by atoms with Crippen LogP contribution in [0.1, 0.15) is 20.3 Å². The predicted molar refractivity (Wildman–Crippen MR) is 67.8 cm³/mol. The molecule has 6 nitrogen and oxygen atoms in total. The fourth-order valence-corrected chi connectivity index (χ4v) is 1.99. The Labute approximate surface area is 101 Å². The molecule has 1 aromatic rings. The van der Waals surface area contributed by atoms with Crippen molar-refractivity contribution in [3.05, 3.63) is 6.07 Å². The Morgan fingerprint density at radius 3 is 2.59 bits per heavy atom. The van der Waals surface area contributed by atoms with E-state index >= 15 is 0 Å². The molecule has 6 heteroatoms. The molecule has 2 atom stereocenters. The van der Waals surface area contributed by atoms with Crippen LogP contribution in [0.15, 0.2) is 6.07 Å². The summed E-state index contributed by atoms with van der Waals surface area (Å²) in [6.45, 7) is 4.06. The molecule has 1 saturated carbocycles. The molecule has 2 rings (SSSR count). The second-order valence-corrected chi connectivity index (χ2v) is 5.02. The number of rotatable bonds is 3. The third-order valence-electron chi connectivity index (χ3n) is 3.54. The lowest BCUT2D eigenvalue weighted by Crippen LogP contribution is -2.57. The highest BCUT2D eigenvalue weighted by molar-refractivity contribution is 5.51. The van der Waals surface area contributed by atoms with Gasteiger partial charge in [0.1, 0.15) is 11.6 Å². The van der Waals surface area contributed by atoms with E-state index in [2.05, 4.69) is 20.6 Å². The summed E-state index contributed by atoms with van der Waals surface area (Å²) in [6, 6.07) is 2.01. The Hall–Kier alpha value is -1.56. The molecule has 0 bridgehead atoms. The highest BCUT2D eigenvalue weighted by atomic mass is 16.3. The van der Waals surface area contributed by atoms with Crippen LogP contribution in [0.25, 0.3) is 0 Å². The normalized spacial score (nSPS) is 26.1. The minimum atomic E-state index is -0.261. The molecule has 0 amide bonds. The average molecular weight is 237 g/mol. The topological polar surface area (TPSA) is 96.1 Å². The fraction of sp³-hybridized carbons (Fsp3) is 0.636. The summed E-state index contributed by atoms with van der Waals surface area (Å²) in [4.78, 5) is 8.15. The van der Waals surface area contributed by atoms with Gasteiger partial charge >= 0.3 is 0 Å². The molecule has 1 fully saturated rings. The van der Waals surface area contributed by atoms with Gasteiger partial charge in [-0.15, -0.1) is 0 Å². The van der Waals surface area contributed by atoms with E-state index in [-0.39, 0.29) is 23.5 Å². The van der Waals surface area contributed by atoms with Gasteiger partial charge in [-0.05, 0) is 6.42 Å². The van der Waals surface area contributed by atoms with E-state index in [9.17, 15) is 5.11 Å². The van der Waals surface area contributed by atoms with Gasteiger partial charge in [0.05, 0.1) is 6.10 Å². The smallest absolute Gasteiger partial charge is 0.223 e. The van der Waals surface area contributed by atoms with E-state index in [1.54, 1.807) is 13.1 Å². The van der Waals surface area contributed by atoms with Crippen LogP contribution in [0.5, 0.6) is 0 Å².